The van der Waals surface area contributed by atoms with Gasteiger partial charge in [-0.2, -0.15) is 0 Å². The molecule has 0 radical (unpaired) electrons. The van der Waals surface area contributed by atoms with Gasteiger partial charge < -0.3 is 15.1 Å². The van der Waals surface area contributed by atoms with Gasteiger partial charge >= 0.3 is 0 Å². The van der Waals surface area contributed by atoms with E-state index in [1.807, 2.05) is 6.07 Å². The zero-order valence-corrected chi connectivity index (χ0v) is 17.2. The first-order chi connectivity index (χ1) is 15.0. The molecular weight excluding hydrogens is 421 g/mol. The molecule has 7 nitrogen and oxygen atoms in total. The minimum Gasteiger partial charge on any atom is -0.353 e. The van der Waals surface area contributed by atoms with Crippen molar-refractivity contribution in [1.82, 2.24) is 14.9 Å². The molecule has 1 N–H and O–H groups in total. The van der Waals surface area contributed by atoms with Crippen molar-refractivity contribution >= 4 is 34.9 Å². The molecule has 0 bridgehead atoms. The highest BCUT2D eigenvalue weighted by molar-refractivity contribution is 6.32. The lowest BCUT2D eigenvalue weighted by Crippen LogP contribution is -2.49. The van der Waals surface area contributed by atoms with Crippen LogP contribution in [0.25, 0.3) is 0 Å². The highest BCUT2D eigenvalue weighted by Crippen LogP contribution is 2.19. The van der Waals surface area contributed by atoms with Crippen molar-refractivity contribution in [3.8, 4) is 0 Å². The van der Waals surface area contributed by atoms with E-state index in [0.717, 1.165) is 5.82 Å². The molecule has 2 aromatic heterocycles. The molecule has 0 aliphatic carbocycles. The number of hydrogen-bond acceptors (Lipinski definition) is 5. The normalized spacial score (nSPS) is 13.7. The van der Waals surface area contributed by atoms with Gasteiger partial charge in [0.05, 0.1) is 17.4 Å². The molecule has 1 aliphatic rings. The molecule has 1 saturated heterocycles. The minimum absolute atomic E-state index is 0.135. The molecule has 1 aliphatic heterocycles. The van der Waals surface area contributed by atoms with E-state index >= 15 is 0 Å². The van der Waals surface area contributed by atoms with Crippen molar-refractivity contribution in [3.63, 3.8) is 0 Å². The van der Waals surface area contributed by atoms with E-state index in [1.165, 1.54) is 24.3 Å². The number of nitrogens with zero attached hydrogens (tertiary/aromatic N) is 4. The van der Waals surface area contributed by atoms with E-state index in [-0.39, 0.29) is 17.0 Å². The largest absolute Gasteiger partial charge is 0.353 e. The van der Waals surface area contributed by atoms with Gasteiger partial charge in [0, 0.05) is 37.9 Å². The van der Waals surface area contributed by atoms with Crippen molar-refractivity contribution in [2.45, 2.75) is 0 Å². The van der Waals surface area contributed by atoms with Crippen LogP contribution < -0.4 is 10.2 Å². The van der Waals surface area contributed by atoms with Crippen LogP contribution in [0, 0.1) is 5.82 Å². The monoisotopic (exact) mass is 439 g/mol. The summed E-state index contributed by atoms with van der Waals surface area (Å²) in [6.07, 6.45) is 3.12. The second-order valence-corrected chi connectivity index (χ2v) is 7.35. The highest BCUT2D eigenvalue weighted by Gasteiger charge is 2.24. The molecule has 31 heavy (non-hydrogen) atoms. The number of pyridine rings is 2. The van der Waals surface area contributed by atoms with E-state index in [4.69, 9.17) is 11.6 Å². The van der Waals surface area contributed by atoms with Crippen molar-refractivity contribution < 1.29 is 14.0 Å². The Hall–Kier alpha value is -3.52. The van der Waals surface area contributed by atoms with Gasteiger partial charge in [-0.1, -0.05) is 11.6 Å². The van der Waals surface area contributed by atoms with E-state index in [9.17, 15) is 14.0 Å². The smallest absolute Gasteiger partial charge is 0.257 e. The molecular formula is C22H19ClFN5O2. The molecule has 2 amide bonds. The Morgan fingerprint density at radius 1 is 0.968 bits per heavy atom. The van der Waals surface area contributed by atoms with Crippen LogP contribution in [0.15, 0.2) is 60.9 Å². The summed E-state index contributed by atoms with van der Waals surface area (Å²) in [6.45, 7) is 2.32. The maximum absolute atomic E-state index is 13.0. The molecule has 3 heterocycles. The van der Waals surface area contributed by atoms with Crippen LogP contribution in [-0.4, -0.2) is 52.9 Å². The third kappa shape index (κ3) is 4.80. The Kier molecular flexibility index (Phi) is 6.08. The summed E-state index contributed by atoms with van der Waals surface area (Å²) in [4.78, 5) is 37.1. The topological polar surface area (TPSA) is 78.4 Å². The zero-order valence-electron chi connectivity index (χ0n) is 16.5. The van der Waals surface area contributed by atoms with Crippen molar-refractivity contribution in [3.05, 3.63) is 83.0 Å². The standard InChI is InChI=1S/C22H19ClFN5O2/c23-20-18(2-1-9-25-20)22(31)29-12-10-28(11-13-29)19-8-7-17(14-26-19)27-21(30)15-3-5-16(24)6-4-15/h1-9,14H,10-13H2,(H,27,30). The zero-order chi connectivity index (χ0) is 21.8. The Balaban J connectivity index is 1.34. The maximum atomic E-state index is 13.0. The number of rotatable bonds is 4. The number of piperazine rings is 1. The molecule has 158 valence electrons. The first-order valence-electron chi connectivity index (χ1n) is 9.69. The van der Waals surface area contributed by atoms with Gasteiger partial charge in [-0.3, -0.25) is 9.59 Å². The number of aromatic nitrogens is 2. The number of carbonyl (C=O) groups excluding carboxylic acids is 2. The number of carbonyl (C=O) groups is 2. The number of amides is 2. The molecule has 1 fully saturated rings. The fourth-order valence-electron chi connectivity index (χ4n) is 3.31. The fraction of sp³-hybridized carbons (Fsp3) is 0.182. The van der Waals surface area contributed by atoms with Crippen molar-refractivity contribution in [2.24, 2.45) is 0 Å². The number of nitrogens with one attached hydrogen (secondary N) is 1. The summed E-state index contributed by atoms with van der Waals surface area (Å²) in [6, 6.07) is 12.3. The number of anilines is 2. The van der Waals surface area contributed by atoms with Crippen LogP contribution in [0.1, 0.15) is 20.7 Å². The van der Waals surface area contributed by atoms with E-state index in [2.05, 4.69) is 20.2 Å². The molecule has 9 heteroatoms. The summed E-state index contributed by atoms with van der Waals surface area (Å²) in [5.41, 5.74) is 1.30. The van der Waals surface area contributed by atoms with E-state index in [0.29, 0.717) is 43.0 Å². The van der Waals surface area contributed by atoms with Crippen LogP contribution in [-0.2, 0) is 0 Å². The number of hydrogen-bond donors (Lipinski definition) is 1. The van der Waals surface area contributed by atoms with Gasteiger partial charge in [0.1, 0.15) is 16.8 Å². The molecule has 3 aromatic rings. The number of halogens is 2. The van der Waals surface area contributed by atoms with Crippen molar-refractivity contribution in [2.75, 3.05) is 36.4 Å². The summed E-state index contributed by atoms with van der Waals surface area (Å²) in [7, 11) is 0. The Morgan fingerprint density at radius 3 is 2.35 bits per heavy atom. The predicted molar refractivity (Wildman–Crippen MR) is 116 cm³/mol. The molecule has 0 saturated carbocycles. The highest BCUT2D eigenvalue weighted by atomic mass is 35.5. The summed E-state index contributed by atoms with van der Waals surface area (Å²) in [5.74, 6) is -0.112. The van der Waals surface area contributed by atoms with E-state index < -0.39 is 5.82 Å². The van der Waals surface area contributed by atoms with Gasteiger partial charge in [-0.15, -0.1) is 0 Å². The second-order valence-electron chi connectivity index (χ2n) is 6.99. The van der Waals surface area contributed by atoms with Gasteiger partial charge in [-0.25, -0.2) is 14.4 Å². The SMILES string of the molecule is O=C(Nc1ccc(N2CCN(C(=O)c3cccnc3Cl)CC2)nc1)c1ccc(F)cc1. The summed E-state index contributed by atoms with van der Waals surface area (Å²) >= 11 is 6.03. The fourth-order valence-corrected chi connectivity index (χ4v) is 3.51. The minimum atomic E-state index is -0.395. The third-order valence-electron chi connectivity index (χ3n) is 4.99. The Morgan fingerprint density at radius 2 is 1.71 bits per heavy atom. The van der Waals surface area contributed by atoms with Gasteiger partial charge in [0.2, 0.25) is 0 Å². The lowest BCUT2D eigenvalue weighted by atomic mass is 10.2. The molecule has 0 atom stereocenters. The van der Waals surface area contributed by atoms with E-state index in [1.54, 1.807) is 35.5 Å². The maximum Gasteiger partial charge on any atom is 0.257 e. The predicted octanol–water partition coefficient (Wildman–Crippen LogP) is 3.48. The van der Waals surface area contributed by atoms with Crippen LogP contribution in [0.5, 0.6) is 0 Å². The average Bonchev–Trinajstić information content (AvgIpc) is 2.80. The van der Waals surface area contributed by atoms with Crippen molar-refractivity contribution in [1.29, 1.82) is 0 Å². The van der Waals surface area contributed by atoms with Gasteiger partial charge in [-0.05, 0) is 48.5 Å². The van der Waals surface area contributed by atoms with Gasteiger partial charge in [0.25, 0.3) is 11.8 Å². The molecule has 0 unspecified atom stereocenters. The Bertz CT molecular complexity index is 1080. The molecule has 1 aromatic carbocycles. The number of benzene rings is 1. The molecule has 4 rings (SSSR count). The van der Waals surface area contributed by atoms with Gasteiger partial charge in [0.15, 0.2) is 0 Å². The third-order valence-corrected chi connectivity index (χ3v) is 5.29. The first-order valence-corrected chi connectivity index (χ1v) is 10.1. The van der Waals surface area contributed by atoms with Crippen LogP contribution in [0.4, 0.5) is 15.9 Å². The lowest BCUT2D eigenvalue weighted by Gasteiger charge is -2.35. The average molecular weight is 440 g/mol. The quantitative estimate of drug-likeness (QED) is 0.630. The van der Waals surface area contributed by atoms with Crippen LogP contribution in [0.3, 0.4) is 0 Å². The molecule has 0 spiro atoms. The second kappa shape index (κ2) is 9.09. The van der Waals surface area contributed by atoms with Crippen LogP contribution >= 0.6 is 11.6 Å². The first kappa shape index (κ1) is 20.7. The summed E-state index contributed by atoms with van der Waals surface area (Å²) < 4.78 is 13.0. The van der Waals surface area contributed by atoms with Crippen LogP contribution in [0.2, 0.25) is 5.15 Å². The lowest BCUT2D eigenvalue weighted by molar-refractivity contribution is 0.0746. The summed E-state index contributed by atoms with van der Waals surface area (Å²) in [5, 5.41) is 2.94. The Labute approximate surface area is 183 Å².